The molecule has 4 nitrogen and oxygen atoms in total. The number of ether oxygens (including phenoxy) is 1. The van der Waals surface area contributed by atoms with Gasteiger partial charge in [-0.3, -0.25) is 0 Å². The van der Waals surface area contributed by atoms with Crippen LogP contribution in [0.2, 0.25) is 0 Å². The number of alkyl halides is 8. The molecule has 1 saturated carbocycles. The summed E-state index contributed by atoms with van der Waals surface area (Å²) < 4.78 is 85.6. The molecule has 2 rings (SSSR count). The number of rotatable bonds is 4. The summed E-state index contributed by atoms with van der Waals surface area (Å²) in [5.41, 5.74) is -8.15. The predicted octanol–water partition coefficient (Wildman–Crippen LogP) is -0.175. The van der Waals surface area contributed by atoms with Gasteiger partial charge in [0.1, 0.15) is 0 Å². The Morgan fingerprint density at radius 2 is 1.62 bits per heavy atom. The van der Waals surface area contributed by atoms with E-state index in [-0.39, 0.29) is 16.9 Å². The van der Waals surface area contributed by atoms with Gasteiger partial charge in [-0.2, -0.15) is 0 Å². The summed E-state index contributed by atoms with van der Waals surface area (Å²) in [6, 6.07) is 0. The van der Waals surface area contributed by atoms with E-state index in [9.17, 15) is 36.2 Å². The van der Waals surface area contributed by atoms with Gasteiger partial charge in [-0.15, -0.1) is 0 Å². The molecule has 142 valence electrons. The van der Waals surface area contributed by atoms with Crippen LogP contribution in [0.25, 0.3) is 0 Å². The van der Waals surface area contributed by atoms with Gasteiger partial charge in [0.05, 0.1) is 0 Å². The molecule has 2 N–H and O–H groups in total. The van der Waals surface area contributed by atoms with Crippen LogP contribution in [0, 0.1) is 0 Å². The summed E-state index contributed by atoms with van der Waals surface area (Å²) >= 11 is 1.14. The molecule has 0 aromatic carbocycles. The van der Waals surface area contributed by atoms with E-state index in [1.807, 2.05) is 0 Å². The number of halogens is 8. The maximum absolute atomic E-state index is 13.2. The zero-order chi connectivity index (χ0) is 18.6. The van der Waals surface area contributed by atoms with Crippen molar-refractivity contribution in [1.82, 2.24) is 3.53 Å². The van der Waals surface area contributed by atoms with Crippen molar-refractivity contribution in [3.05, 3.63) is 0 Å². The Bertz CT molecular complexity index is 498. The monoisotopic (exact) mass is 588 g/mol. The molecule has 0 aromatic heterocycles. The Hall–Kier alpha value is 0.430. The normalized spacial score (nSPS) is 27.1. The summed E-state index contributed by atoms with van der Waals surface area (Å²) in [6.07, 6.45) is -13.5. The maximum atomic E-state index is 13.2. The van der Waals surface area contributed by atoms with Crippen LogP contribution >= 0.6 is 22.6 Å². The van der Waals surface area contributed by atoms with E-state index >= 15 is 0 Å². The number of carbonyl (C=O) groups excluding carboxylic acids is 1. The topological polar surface area (TPSA) is 68.5 Å². The van der Waals surface area contributed by atoms with Crippen molar-refractivity contribution in [2.75, 3.05) is 0 Å². The Kier molecular flexibility index (Phi) is 5.40. The SMILES string of the molecule is CC(I)(C(=O)OC1(C(O)(C(F)(F)F)C(F)(F)F)CCCC1)C1N[I-]1. The van der Waals surface area contributed by atoms with E-state index in [0.717, 1.165) is 0 Å². The molecule has 24 heavy (non-hydrogen) atoms. The molecular weight excluding hydrogens is 574 g/mol. The molecule has 2 aliphatic rings. The van der Waals surface area contributed by atoms with E-state index in [1.165, 1.54) is 6.92 Å². The molecule has 1 heterocycles. The molecule has 2 fully saturated rings. The van der Waals surface area contributed by atoms with Crippen molar-refractivity contribution >= 4 is 28.6 Å². The second-order valence-corrected chi connectivity index (χ2v) is 10.7. The number of hydrogen-bond acceptors (Lipinski definition) is 4. The number of hydrogen-bond donors (Lipinski definition) is 2. The van der Waals surface area contributed by atoms with Gasteiger partial charge in [0.25, 0.3) is 0 Å². The van der Waals surface area contributed by atoms with Crippen molar-refractivity contribution in [2.24, 2.45) is 0 Å². The average molecular weight is 588 g/mol. The first-order valence-electron chi connectivity index (χ1n) is 6.85. The Balaban J connectivity index is 2.44. The van der Waals surface area contributed by atoms with Crippen LogP contribution in [-0.4, -0.2) is 42.1 Å². The molecule has 0 radical (unpaired) electrons. The van der Waals surface area contributed by atoms with Gasteiger partial charge in [-0.25, -0.2) is 0 Å². The minimum absolute atomic E-state index is 0.00564. The van der Waals surface area contributed by atoms with Gasteiger partial charge < -0.3 is 0 Å². The quantitative estimate of drug-likeness (QED) is 0.0912. The van der Waals surface area contributed by atoms with Crippen molar-refractivity contribution in [3.63, 3.8) is 0 Å². The fourth-order valence-corrected chi connectivity index (χ4v) is 6.07. The number of nitrogens with one attached hydrogen (secondary N) is 1. The molecule has 2 unspecified atom stereocenters. The van der Waals surface area contributed by atoms with Gasteiger partial charge in [0.2, 0.25) is 0 Å². The zero-order valence-corrected chi connectivity index (χ0v) is 16.5. The molecule has 1 aliphatic heterocycles. The first-order chi connectivity index (χ1) is 10.7. The van der Waals surface area contributed by atoms with Crippen LogP contribution in [0.15, 0.2) is 0 Å². The standard InChI is InChI=1S/C12H14F6I2NO3/c1-8(19,6-20-21-6)7(22)24-9(4-2-3-5-9)10(23,11(13,14)15)12(16,17)18/h6,21,23H,2-5H2,1H3/q-1. The van der Waals surface area contributed by atoms with Crippen LogP contribution in [0.5, 0.6) is 0 Å². The molecule has 1 saturated heterocycles. The van der Waals surface area contributed by atoms with E-state index < -0.39 is 67.3 Å². The molecule has 0 bridgehead atoms. The Morgan fingerprint density at radius 3 is 1.96 bits per heavy atom. The Morgan fingerprint density at radius 1 is 1.21 bits per heavy atom. The van der Waals surface area contributed by atoms with Crippen LogP contribution in [0.1, 0.15) is 32.6 Å². The van der Waals surface area contributed by atoms with Crippen LogP contribution in [0.4, 0.5) is 26.3 Å². The van der Waals surface area contributed by atoms with Crippen LogP contribution < -0.4 is 25.0 Å². The van der Waals surface area contributed by atoms with Crippen LogP contribution in [-0.2, 0) is 9.53 Å². The van der Waals surface area contributed by atoms with Gasteiger partial charge in [-0.05, 0) is 0 Å². The van der Waals surface area contributed by atoms with Gasteiger partial charge in [0, 0.05) is 0 Å². The van der Waals surface area contributed by atoms with Crippen molar-refractivity contribution in [1.29, 1.82) is 0 Å². The van der Waals surface area contributed by atoms with E-state index in [4.69, 9.17) is 4.74 Å². The number of esters is 1. The van der Waals surface area contributed by atoms with E-state index in [2.05, 4.69) is 3.53 Å². The fourth-order valence-electron chi connectivity index (χ4n) is 2.78. The third-order valence-corrected chi connectivity index (χ3v) is 9.02. The van der Waals surface area contributed by atoms with Crippen LogP contribution in [0.3, 0.4) is 0 Å². The van der Waals surface area contributed by atoms with E-state index in [0.29, 0.717) is 0 Å². The second kappa shape index (κ2) is 6.25. The third kappa shape index (κ3) is 3.23. The van der Waals surface area contributed by atoms with Crippen molar-refractivity contribution < 1.29 is 62.5 Å². The molecule has 1 aliphatic carbocycles. The van der Waals surface area contributed by atoms with Gasteiger partial charge in [0.15, 0.2) is 0 Å². The molecular formula is C12H14F6I2NO3-. The zero-order valence-electron chi connectivity index (χ0n) is 12.2. The molecule has 0 aromatic rings. The summed E-state index contributed by atoms with van der Waals surface area (Å²) in [4.78, 5) is 12.3. The van der Waals surface area contributed by atoms with E-state index in [1.54, 1.807) is 22.6 Å². The second-order valence-electron chi connectivity index (χ2n) is 5.95. The molecule has 12 heteroatoms. The summed E-state index contributed by atoms with van der Waals surface area (Å²) in [7, 11) is 0. The van der Waals surface area contributed by atoms with Gasteiger partial charge in [-0.1, -0.05) is 0 Å². The van der Waals surface area contributed by atoms with Crippen molar-refractivity contribution in [3.8, 4) is 0 Å². The third-order valence-electron chi connectivity index (χ3n) is 4.27. The van der Waals surface area contributed by atoms with Gasteiger partial charge >= 0.3 is 158 Å². The first-order valence-corrected chi connectivity index (χ1v) is 10.3. The summed E-state index contributed by atoms with van der Waals surface area (Å²) in [5, 5.41) is 9.77. The number of carbonyl (C=O) groups is 1. The predicted molar refractivity (Wildman–Crippen MR) is 73.7 cm³/mol. The molecule has 0 spiro atoms. The van der Waals surface area contributed by atoms with Crippen molar-refractivity contribution in [2.45, 2.75) is 63.6 Å². The first kappa shape index (κ1) is 20.7. The summed E-state index contributed by atoms with van der Waals surface area (Å²) in [6.45, 7) is 1.39. The molecule has 0 amide bonds. The molecule has 2 atom stereocenters. The minimum atomic E-state index is -6.03. The Labute approximate surface area is 157 Å². The fraction of sp³-hybridized carbons (Fsp3) is 0.917. The average Bonchev–Trinajstić information content (AvgIpc) is 3.17. The summed E-state index contributed by atoms with van der Waals surface area (Å²) in [5.74, 6) is -1.17. The number of aliphatic hydroxyl groups is 1.